The van der Waals surface area contributed by atoms with Gasteiger partial charge in [0.25, 0.3) is 0 Å². The highest BCUT2D eigenvalue weighted by Gasteiger charge is 2.74. The first-order valence-electron chi connectivity index (χ1n) is 21.5. The van der Waals surface area contributed by atoms with E-state index >= 15 is 0 Å². The number of hydrogen-bond donors (Lipinski definition) is 2. The predicted molar refractivity (Wildman–Crippen MR) is 222 cm³/mol. The molecule has 11 atom stereocenters. The number of aliphatic hydroxyl groups excluding tert-OH is 1. The molecule has 0 radical (unpaired) electrons. The average molecular weight is 774 g/mol. The minimum absolute atomic E-state index is 0.0209. The summed E-state index contributed by atoms with van der Waals surface area (Å²) in [5, 5.41) is 26.6. The van der Waals surface area contributed by atoms with Crippen molar-refractivity contribution in [2.75, 3.05) is 13.1 Å². The number of carbonyl (C=O) groups is 2. The maximum Gasteiger partial charge on any atom is 0.415 e. The van der Waals surface area contributed by atoms with Crippen LogP contribution in [0.2, 0.25) is 0 Å². The van der Waals surface area contributed by atoms with E-state index in [2.05, 4.69) is 58.9 Å². The Labute approximate surface area is 336 Å². The number of nitrogens with zero attached hydrogens (tertiary/aromatic N) is 1. The first-order valence-corrected chi connectivity index (χ1v) is 22.4. The van der Waals surface area contributed by atoms with Gasteiger partial charge in [-0.3, -0.25) is 4.79 Å². The van der Waals surface area contributed by atoms with Crippen LogP contribution in [-0.2, 0) is 0 Å². The Morgan fingerprint density at radius 2 is 1.62 bits per heavy atom. The number of allylic oxidation sites excluding steroid dienone is 4. The summed E-state index contributed by atoms with van der Waals surface area (Å²) in [5.74, 6) is 2.54. The lowest BCUT2D eigenvalue weighted by Gasteiger charge is -2.71. The summed E-state index contributed by atoms with van der Waals surface area (Å²) in [7, 11) is 0. The summed E-state index contributed by atoms with van der Waals surface area (Å²) in [6, 6.07) is 18.0. The van der Waals surface area contributed by atoms with Crippen molar-refractivity contribution >= 4 is 34.0 Å². The van der Waals surface area contributed by atoms with E-state index in [4.69, 9.17) is 4.74 Å². The number of aryl methyl sites for hydroxylation is 1. The van der Waals surface area contributed by atoms with Crippen molar-refractivity contribution in [3.63, 3.8) is 0 Å². The number of benzene rings is 2. The Kier molecular flexibility index (Phi) is 8.19. The zero-order chi connectivity index (χ0) is 39.0. The highest BCUT2D eigenvalue weighted by molar-refractivity contribution is 7.14. The number of ether oxygens (including phenoxy) is 1. The average Bonchev–Trinajstić information content (AvgIpc) is 3.73. The summed E-state index contributed by atoms with van der Waals surface area (Å²) in [5.41, 5.74) is -1.55. The van der Waals surface area contributed by atoms with Crippen molar-refractivity contribution < 1.29 is 24.5 Å². The molecule has 2 N–H and O–H groups in total. The highest BCUT2D eigenvalue weighted by atomic mass is 32.1. The fourth-order valence-corrected chi connectivity index (χ4v) is 15.5. The molecule has 1 aromatic heterocycles. The second-order valence-corrected chi connectivity index (χ2v) is 21.8. The summed E-state index contributed by atoms with van der Waals surface area (Å²) < 4.78 is 6.26. The Hall–Kier alpha value is -3.26. The van der Waals surface area contributed by atoms with Gasteiger partial charge in [-0.05, 0) is 147 Å². The number of ketones is 1. The normalized spacial score (nSPS) is 41.2. The third-order valence-corrected chi connectivity index (χ3v) is 19.0. The molecule has 2 aromatic carbocycles. The Morgan fingerprint density at radius 1 is 0.875 bits per heavy atom. The molecule has 6 saturated carbocycles. The van der Waals surface area contributed by atoms with Crippen LogP contribution in [0.15, 0.2) is 78.4 Å². The lowest BCUT2D eigenvalue weighted by Crippen LogP contribution is -2.67. The lowest BCUT2D eigenvalue weighted by atomic mass is 9.32. The van der Waals surface area contributed by atoms with Gasteiger partial charge >= 0.3 is 6.09 Å². The third-order valence-electron chi connectivity index (χ3n) is 18.0. The molecule has 9 aliphatic carbocycles. The van der Waals surface area contributed by atoms with E-state index in [-0.39, 0.29) is 52.6 Å². The summed E-state index contributed by atoms with van der Waals surface area (Å²) >= 11 is 1.56. The van der Waals surface area contributed by atoms with Gasteiger partial charge in [-0.2, -0.15) is 0 Å². The van der Waals surface area contributed by atoms with Crippen molar-refractivity contribution in [3.05, 3.63) is 88.2 Å². The zero-order valence-electron chi connectivity index (χ0n) is 33.9. The van der Waals surface area contributed by atoms with Crippen LogP contribution in [0.4, 0.5) is 4.79 Å². The topological polar surface area (TPSA) is 87.1 Å². The van der Waals surface area contributed by atoms with Gasteiger partial charge < -0.3 is 19.8 Å². The molecule has 1 amide bonds. The summed E-state index contributed by atoms with van der Waals surface area (Å²) in [6.45, 7) is 12.4. The van der Waals surface area contributed by atoms with E-state index in [0.717, 1.165) is 70.5 Å². The smallest absolute Gasteiger partial charge is 0.410 e. The Morgan fingerprint density at radius 3 is 2.38 bits per heavy atom. The standard InChI is InChI=1S/C49H59NO5S/c1-30-10-15-39(56-30)42(52)38-27-47-22-23-49(38)40(45(47,4)19-16-35(51)26-47)17-20-46(5)41(49)18-21-48(46,54)29-50(28-33-11-13-34-25-37(33)44(34,2)3)43(53)55-36-14-12-31-8-6-7-9-32(31)24-36/h6-10,12,14-15,22-24,27,33-35,37,40-41,51,54H,11,13,16-21,25-26,28-29H2,1-5H3. The van der Waals surface area contributed by atoms with Crippen molar-refractivity contribution in [2.45, 2.75) is 111 Å². The van der Waals surface area contributed by atoms with Crippen LogP contribution < -0.4 is 4.74 Å². The van der Waals surface area contributed by atoms with E-state index in [0.29, 0.717) is 37.0 Å². The van der Waals surface area contributed by atoms with Crippen molar-refractivity contribution in [1.82, 2.24) is 4.90 Å². The second-order valence-electron chi connectivity index (χ2n) is 20.5. The molecular weight excluding hydrogens is 715 g/mol. The quantitative estimate of drug-likeness (QED) is 0.184. The number of rotatable bonds is 7. The first kappa shape index (κ1) is 37.0. The SMILES string of the molecule is Cc1ccc(C(=O)C2=CC34C=CC25C(CCC2(C)C5CCC2(O)CN(CC2CCC5CC2C5(C)C)C(=O)Oc2ccc5ccccc5c2)C3(C)CCC(O)C4)s1. The number of Topliss-reactive ketones (excluding diaryl/α,β-unsaturated/α-hetero) is 1. The van der Waals surface area contributed by atoms with Gasteiger partial charge in [0.2, 0.25) is 0 Å². The van der Waals surface area contributed by atoms with Crippen LogP contribution in [-0.4, -0.2) is 51.8 Å². The molecule has 6 fully saturated rings. The minimum atomic E-state index is -1.16. The van der Waals surface area contributed by atoms with Gasteiger partial charge in [0.1, 0.15) is 5.75 Å². The van der Waals surface area contributed by atoms with Crippen LogP contribution in [0.5, 0.6) is 5.75 Å². The molecule has 0 aliphatic heterocycles. The molecular formula is C49H59NO5S. The number of fused-ring (bicyclic) bond motifs is 4. The molecule has 7 heteroatoms. The molecule has 6 nitrogen and oxygen atoms in total. The number of hydrogen-bond acceptors (Lipinski definition) is 6. The van der Waals surface area contributed by atoms with E-state index in [1.807, 2.05) is 53.4 Å². The molecule has 2 spiro atoms. The molecule has 0 saturated heterocycles. The molecule has 12 rings (SSSR count). The molecule has 11 unspecified atom stereocenters. The first-order chi connectivity index (χ1) is 26.6. The highest BCUT2D eigenvalue weighted by Crippen LogP contribution is 2.78. The fraction of sp³-hybridized carbons (Fsp3) is 0.592. The summed E-state index contributed by atoms with van der Waals surface area (Å²) in [4.78, 5) is 33.3. The van der Waals surface area contributed by atoms with Crippen LogP contribution in [0, 0.1) is 63.6 Å². The third kappa shape index (κ3) is 4.98. The van der Waals surface area contributed by atoms with Gasteiger partial charge in [-0.1, -0.05) is 76.3 Å². The number of thiophene rings is 1. The van der Waals surface area contributed by atoms with Gasteiger partial charge in [0.15, 0.2) is 5.78 Å². The largest absolute Gasteiger partial charge is 0.415 e. The van der Waals surface area contributed by atoms with Crippen LogP contribution in [0.3, 0.4) is 0 Å². The minimum Gasteiger partial charge on any atom is -0.410 e. The fourth-order valence-electron chi connectivity index (χ4n) is 14.7. The van der Waals surface area contributed by atoms with E-state index < -0.39 is 16.4 Å². The van der Waals surface area contributed by atoms with E-state index in [9.17, 15) is 19.8 Å². The predicted octanol–water partition coefficient (Wildman–Crippen LogP) is 10.6. The monoisotopic (exact) mass is 773 g/mol. The van der Waals surface area contributed by atoms with Gasteiger partial charge in [0.05, 0.1) is 23.1 Å². The zero-order valence-corrected chi connectivity index (χ0v) is 34.7. The van der Waals surface area contributed by atoms with Gasteiger partial charge in [-0.15, -0.1) is 11.3 Å². The molecule has 56 heavy (non-hydrogen) atoms. The van der Waals surface area contributed by atoms with E-state index in [1.165, 1.54) is 12.8 Å². The molecule has 1 heterocycles. The second kappa shape index (κ2) is 12.4. The summed E-state index contributed by atoms with van der Waals surface area (Å²) in [6.07, 6.45) is 15.2. The Balaban J connectivity index is 1.02. The van der Waals surface area contributed by atoms with Crippen LogP contribution >= 0.6 is 11.3 Å². The van der Waals surface area contributed by atoms with Crippen molar-refractivity contribution in [3.8, 4) is 5.75 Å². The maximum atomic E-state index is 14.9. The van der Waals surface area contributed by atoms with Gasteiger partial charge in [-0.25, -0.2) is 4.79 Å². The number of amides is 1. The van der Waals surface area contributed by atoms with Crippen LogP contribution in [0.25, 0.3) is 10.8 Å². The Bertz CT molecular complexity index is 2180. The number of aliphatic hydroxyl groups is 2. The number of carbonyl (C=O) groups excluding carboxylic acids is 2. The van der Waals surface area contributed by atoms with E-state index in [1.54, 1.807) is 11.3 Å². The molecule has 3 aromatic rings. The van der Waals surface area contributed by atoms with Crippen molar-refractivity contribution in [2.24, 2.45) is 56.7 Å². The molecule has 9 aliphatic rings. The van der Waals surface area contributed by atoms with Crippen LogP contribution in [0.1, 0.15) is 106 Å². The maximum absolute atomic E-state index is 14.9. The lowest BCUT2D eigenvalue weighted by molar-refractivity contribution is -0.176. The van der Waals surface area contributed by atoms with Crippen molar-refractivity contribution in [1.29, 1.82) is 0 Å². The van der Waals surface area contributed by atoms with Gasteiger partial charge in [0, 0.05) is 33.2 Å². The molecule has 4 bridgehead atoms. The molecule has 296 valence electrons.